The molecule has 3 rings (SSSR count). The Bertz CT molecular complexity index is 1100. The van der Waals surface area contributed by atoms with Gasteiger partial charge >= 0.3 is 5.97 Å². The van der Waals surface area contributed by atoms with Crippen LogP contribution in [0.5, 0.6) is 5.75 Å². The van der Waals surface area contributed by atoms with Gasteiger partial charge in [0.1, 0.15) is 16.2 Å². The normalized spacial score (nSPS) is 14.8. The summed E-state index contributed by atoms with van der Waals surface area (Å²) in [4.78, 5) is 24.0. The Morgan fingerprint density at radius 2 is 1.84 bits per heavy atom. The molecule has 0 unspecified atom stereocenters. The Hall–Kier alpha value is -2.37. The largest absolute Gasteiger partial charge is 0.507 e. The molecule has 1 heterocycles. The van der Waals surface area contributed by atoms with E-state index in [-0.39, 0.29) is 58.2 Å². The number of amides is 1. The number of halogens is 2. The number of nitrogens with one attached hydrogen (secondary N) is 1. The maximum Gasteiger partial charge on any atom is 0.342 e. The highest BCUT2D eigenvalue weighted by atomic mass is 35.5. The van der Waals surface area contributed by atoms with Crippen molar-refractivity contribution in [1.82, 2.24) is 4.31 Å². The van der Waals surface area contributed by atoms with Crippen molar-refractivity contribution < 1.29 is 32.6 Å². The van der Waals surface area contributed by atoms with Crippen LogP contribution in [0.4, 0.5) is 5.69 Å². The Kier molecular flexibility index (Phi) is 7.39. The second-order valence-corrected chi connectivity index (χ2v) is 9.20. The number of carbonyl (C=O) groups is 2. The zero-order valence-corrected chi connectivity index (χ0v) is 18.3. The standard InChI is InChI=1S/C19H18Cl2N2O7S/c20-12-1-3-14(16(24)9-12)19(26)30-11-18(25)22-13-2-4-15(21)17(10-13)31(27,28)23-5-7-29-8-6-23/h1-4,9-10,24H,5-8,11H2,(H,22,25). The summed E-state index contributed by atoms with van der Waals surface area (Å²) in [5, 5.41) is 12.4. The van der Waals surface area contributed by atoms with Crippen LogP contribution < -0.4 is 5.32 Å². The zero-order chi connectivity index (χ0) is 22.6. The summed E-state index contributed by atoms with van der Waals surface area (Å²) in [6, 6.07) is 7.83. The van der Waals surface area contributed by atoms with E-state index in [2.05, 4.69) is 5.32 Å². The van der Waals surface area contributed by atoms with Gasteiger partial charge in [0.05, 0.1) is 18.2 Å². The molecular weight excluding hydrogens is 471 g/mol. The van der Waals surface area contributed by atoms with Gasteiger partial charge in [0.25, 0.3) is 5.91 Å². The van der Waals surface area contributed by atoms with Crippen molar-refractivity contribution in [2.75, 3.05) is 38.2 Å². The van der Waals surface area contributed by atoms with E-state index in [1.807, 2.05) is 0 Å². The SMILES string of the molecule is O=C(COC(=O)c1ccc(Cl)cc1O)Nc1ccc(Cl)c(S(=O)(=O)N2CCOCC2)c1. The minimum Gasteiger partial charge on any atom is -0.507 e. The highest BCUT2D eigenvalue weighted by molar-refractivity contribution is 7.89. The Morgan fingerprint density at radius 1 is 1.13 bits per heavy atom. The molecular formula is C19H18Cl2N2O7S. The van der Waals surface area contributed by atoms with E-state index < -0.39 is 28.5 Å². The van der Waals surface area contributed by atoms with Crippen molar-refractivity contribution in [2.45, 2.75) is 4.90 Å². The van der Waals surface area contributed by atoms with Crippen LogP contribution in [0.2, 0.25) is 10.0 Å². The lowest BCUT2D eigenvalue weighted by Crippen LogP contribution is -2.40. The number of hydrogen-bond acceptors (Lipinski definition) is 7. The molecule has 2 N–H and O–H groups in total. The molecule has 2 aromatic rings. The Labute approximate surface area is 188 Å². The highest BCUT2D eigenvalue weighted by Gasteiger charge is 2.28. The average Bonchev–Trinajstić information content (AvgIpc) is 2.74. The predicted molar refractivity (Wildman–Crippen MR) is 113 cm³/mol. The number of ether oxygens (including phenoxy) is 2. The lowest BCUT2D eigenvalue weighted by Gasteiger charge is -2.26. The van der Waals surface area contributed by atoms with Crippen molar-refractivity contribution in [1.29, 1.82) is 0 Å². The van der Waals surface area contributed by atoms with Gasteiger partial charge in [0, 0.05) is 23.8 Å². The molecule has 1 amide bonds. The number of phenols is 1. The first kappa shape index (κ1) is 23.3. The number of aromatic hydroxyl groups is 1. The first-order valence-electron chi connectivity index (χ1n) is 9.01. The molecule has 2 aromatic carbocycles. The number of rotatable bonds is 6. The summed E-state index contributed by atoms with van der Waals surface area (Å²) in [7, 11) is -3.87. The van der Waals surface area contributed by atoms with Crippen LogP contribution in [-0.4, -0.2) is 62.6 Å². The lowest BCUT2D eigenvalue weighted by atomic mass is 10.2. The number of nitrogens with zero attached hydrogens (tertiary/aromatic N) is 1. The molecule has 0 aromatic heterocycles. The summed E-state index contributed by atoms with van der Waals surface area (Å²) in [6.07, 6.45) is 0. The Balaban J connectivity index is 1.66. The van der Waals surface area contributed by atoms with Gasteiger partial charge in [-0.15, -0.1) is 0 Å². The molecule has 166 valence electrons. The molecule has 9 nitrogen and oxygen atoms in total. The highest BCUT2D eigenvalue weighted by Crippen LogP contribution is 2.28. The fourth-order valence-electron chi connectivity index (χ4n) is 2.79. The summed E-state index contributed by atoms with van der Waals surface area (Å²) >= 11 is 11.8. The lowest BCUT2D eigenvalue weighted by molar-refractivity contribution is -0.119. The quantitative estimate of drug-likeness (QED) is 0.598. The minimum atomic E-state index is -3.87. The number of esters is 1. The van der Waals surface area contributed by atoms with Crippen molar-refractivity contribution in [3.63, 3.8) is 0 Å². The molecule has 0 bridgehead atoms. The number of carbonyl (C=O) groups excluding carboxylic acids is 2. The molecule has 1 aliphatic heterocycles. The van der Waals surface area contributed by atoms with Gasteiger partial charge in [0.2, 0.25) is 10.0 Å². The van der Waals surface area contributed by atoms with Crippen molar-refractivity contribution in [3.8, 4) is 5.75 Å². The molecule has 0 spiro atoms. The van der Waals surface area contributed by atoms with E-state index >= 15 is 0 Å². The molecule has 1 fully saturated rings. The fourth-order valence-corrected chi connectivity index (χ4v) is 4.86. The van der Waals surface area contributed by atoms with Crippen LogP contribution in [0.1, 0.15) is 10.4 Å². The number of morpholine rings is 1. The maximum atomic E-state index is 12.8. The summed E-state index contributed by atoms with van der Waals surface area (Å²) in [6.45, 7) is 0.296. The maximum absolute atomic E-state index is 12.8. The van der Waals surface area contributed by atoms with E-state index in [0.717, 1.165) is 0 Å². The molecule has 1 saturated heterocycles. The summed E-state index contributed by atoms with van der Waals surface area (Å²) in [5.41, 5.74) is 0.00853. The molecule has 0 saturated carbocycles. The second kappa shape index (κ2) is 9.84. The van der Waals surface area contributed by atoms with E-state index in [4.69, 9.17) is 32.7 Å². The minimum absolute atomic E-state index is 0.00846. The van der Waals surface area contributed by atoms with Gasteiger partial charge in [-0.2, -0.15) is 4.31 Å². The van der Waals surface area contributed by atoms with Crippen molar-refractivity contribution in [3.05, 3.63) is 52.0 Å². The number of phenolic OH excluding ortho intramolecular Hbond substituents is 1. The van der Waals surface area contributed by atoms with Crippen LogP contribution in [0.3, 0.4) is 0 Å². The Morgan fingerprint density at radius 3 is 2.52 bits per heavy atom. The zero-order valence-electron chi connectivity index (χ0n) is 16.0. The third-order valence-electron chi connectivity index (χ3n) is 4.32. The number of anilines is 1. The molecule has 0 radical (unpaired) electrons. The molecule has 31 heavy (non-hydrogen) atoms. The molecule has 0 aliphatic carbocycles. The first-order chi connectivity index (χ1) is 14.7. The van der Waals surface area contributed by atoms with Crippen LogP contribution in [0, 0.1) is 0 Å². The van der Waals surface area contributed by atoms with Gasteiger partial charge in [-0.25, -0.2) is 13.2 Å². The number of benzene rings is 2. The van der Waals surface area contributed by atoms with Gasteiger partial charge in [-0.1, -0.05) is 23.2 Å². The van der Waals surface area contributed by atoms with E-state index in [1.165, 1.54) is 40.7 Å². The summed E-state index contributed by atoms with van der Waals surface area (Å²) in [5.74, 6) is -2.01. The first-order valence-corrected chi connectivity index (χ1v) is 11.2. The molecule has 12 heteroatoms. The summed E-state index contributed by atoms with van der Waals surface area (Å²) < 4.78 is 37.0. The van der Waals surface area contributed by atoms with Crippen LogP contribution in [0.15, 0.2) is 41.3 Å². The monoisotopic (exact) mass is 488 g/mol. The van der Waals surface area contributed by atoms with Gasteiger partial charge in [0.15, 0.2) is 6.61 Å². The van der Waals surface area contributed by atoms with E-state index in [9.17, 15) is 23.1 Å². The smallest absolute Gasteiger partial charge is 0.342 e. The molecule has 1 aliphatic rings. The molecule has 0 atom stereocenters. The predicted octanol–water partition coefficient (Wildman–Crippen LogP) is 2.52. The van der Waals surface area contributed by atoms with Gasteiger partial charge < -0.3 is 19.9 Å². The third-order valence-corrected chi connectivity index (χ3v) is 6.93. The average molecular weight is 489 g/mol. The van der Waals surface area contributed by atoms with Gasteiger partial charge in [-0.05, 0) is 36.4 Å². The van der Waals surface area contributed by atoms with E-state index in [0.29, 0.717) is 0 Å². The van der Waals surface area contributed by atoms with Gasteiger partial charge in [-0.3, -0.25) is 4.79 Å². The van der Waals surface area contributed by atoms with Crippen LogP contribution >= 0.6 is 23.2 Å². The van der Waals surface area contributed by atoms with Crippen LogP contribution in [-0.2, 0) is 24.3 Å². The number of sulfonamides is 1. The van der Waals surface area contributed by atoms with Crippen LogP contribution in [0.25, 0.3) is 0 Å². The number of hydrogen-bond donors (Lipinski definition) is 2. The third kappa shape index (κ3) is 5.66. The second-order valence-electron chi connectivity index (χ2n) is 6.45. The van der Waals surface area contributed by atoms with Crippen molar-refractivity contribution in [2.24, 2.45) is 0 Å². The fraction of sp³-hybridized carbons (Fsp3) is 0.263. The van der Waals surface area contributed by atoms with Crippen molar-refractivity contribution >= 4 is 50.8 Å². The van der Waals surface area contributed by atoms with E-state index in [1.54, 1.807) is 0 Å². The topological polar surface area (TPSA) is 122 Å².